The SMILES string of the molecule is CCCCCCCCCCCC(=O)O[C@H](CCCCCCC)CCNC(=O)[C@@H]1COC(C)(C)N1C(=O)OC(C)(C)C. The van der Waals surface area contributed by atoms with Gasteiger partial charge in [-0.05, 0) is 53.9 Å². The van der Waals surface area contributed by atoms with Crippen molar-refractivity contribution in [2.24, 2.45) is 0 Å². The summed E-state index contributed by atoms with van der Waals surface area (Å²) in [5.41, 5.74) is -1.63. The first-order valence-corrected chi connectivity index (χ1v) is 16.5. The molecule has 1 N–H and O–H groups in total. The summed E-state index contributed by atoms with van der Waals surface area (Å²) in [5, 5.41) is 2.95. The predicted octanol–water partition coefficient (Wildman–Crippen LogP) is 8.06. The summed E-state index contributed by atoms with van der Waals surface area (Å²) < 4.78 is 17.2. The van der Waals surface area contributed by atoms with E-state index in [0.717, 1.165) is 32.1 Å². The van der Waals surface area contributed by atoms with Crippen LogP contribution in [0.25, 0.3) is 0 Å². The number of amides is 2. The van der Waals surface area contributed by atoms with E-state index in [1.165, 1.54) is 69.1 Å². The lowest BCUT2D eigenvalue weighted by Crippen LogP contribution is -2.54. The van der Waals surface area contributed by atoms with Crippen molar-refractivity contribution in [3.8, 4) is 0 Å². The van der Waals surface area contributed by atoms with Crippen molar-refractivity contribution >= 4 is 18.0 Å². The van der Waals surface area contributed by atoms with Crippen molar-refractivity contribution in [3.63, 3.8) is 0 Å². The molecule has 0 aromatic carbocycles. The number of hydrogen-bond acceptors (Lipinski definition) is 6. The van der Waals surface area contributed by atoms with Gasteiger partial charge in [-0.15, -0.1) is 0 Å². The van der Waals surface area contributed by atoms with E-state index in [4.69, 9.17) is 14.2 Å². The summed E-state index contributed by atoms with van der Waals surface area (Å²) in [6, 6.07) is -0.776. The highest BCUT2D eigenvalue weighted by molar-refractivity contribution is 5.86. The minimum absolute atomic E-state index is 0.104. The number of unbranched alkanes of at least 4 members (excludes halogenated alkanes) is 12. The van der Waals surface area contributed by atoms with E-state index in [2.05, 4.69) is 19.2 Å². The fraction of sp³-hybridized carbons (Fsp3) is 0.909. The van der Waals surface area contributed by atoms with Gasteiger partial charge in [0.25, 0.3) is 0 Å². The van der Waals surface area contributed by atoms with Gasteiger partial charge in [0.1, 0.15) is 23.5 Å². The molecule has 0 radical (unpaired) electrons. The first-order chi connectivity index (χ1) is 19.4. The molecule has 1 fully saturated rings. The van der Waals surface area contributed by atoms with Crippen molar-refractivity contribution < 1.29 is 28.6 Å². The largest absolute Gasteiger partial charge is 0.462 e. The Bertz CT molecular complexity index is 748. The number of ether oxygens (including phenoxy) is 3. The summed E-state index contributed by atoms with van der Waals surface area (Å²) in [6.45, 7) is 13.8. The first kappa shape index (κ1) is 37.2. The number of carbonyl (C=O) groups excluding carboxylic acids is 3. The molecular weight excluding hydrogens is 520 g/mol. The van der Waals surface area contributed by atoms with Gasteiger partial charge in [0.05, 0.1) is 6.61 Å². The van der Waals surface area contributed by atoms with E-state index >= 15 is 0 Å². The molecule has 1 aliphatic rings. The maximum Gasteiger partial charge on any atom is 0.413 e. The number of nitrogens with zero attached hydrogens (tertiary/aromatic N) is 1. The first-order valence-electron chi connectivity index (χ1n) is 16.5. The van der Waals surface area contributed by atoms with Crippen LogP contribution >= 0.6 is 0 Å². The van der Waals surface area contributed by atoms with Gasteiger partial charge in [-0.1, -0.05) is 90.9 Å². The summed E-state index contributed by atoms with van der Waals surface area (Å²) in [7, 11) is 0. The van der Waals surface area contributed by atoms with E-state index in [1.807, 2.05) is 0 Å². The van der Waals surface area contributed by atoms with Gasteiger partial charge < -0.3 is 19.5 Å². The molecule has 2 amide bonds. The van der Waals surface area contributed by atoms with Crippen LogP contribution in [0.4, 0.5) is 4.79 Å². The number of carbonyl (C=O) groups is 3. The molecule has 1 saturated heterocycles. The van der Waals surface area contributed by atoms with Gasteiger partial charge in [0.2, 0.25) is 5.91 Å². The van der Waals surface area contributed by atoms with Gasteiger partial charge in [-0.3, -0.25) is 14.5 Å². The molecule has 1 heterocycles. The average Bonchev–Trinajstić information content (AvgIpc) is 3.21. The lowest BCUT2D eigenvalue weighted by molar-refractivity contribution is -0.149. The Morgan fingerprint density at radius 3 is 1.95 bits per heavy atom. The molecule has 8 heteroatoms. The second kappa shape index (κ2) is 20.1. The van der Waals surface area contributed by atoms with Crippen LogP contribution in [0.15, 0.2) is 0 Å². The van der Waals surface area contributed by atoms with Gasteiger partial charge >= 0.3 is 12.1 Å². The predicted molar refractivity (Wildman–Crippen MR) is 165 cm³/mol. The summed E-state index contributed by atoms with van der Waals surface area (Å²) in [6.07, 6.45) is 17.6. The lowest BCUT2D eigenvalue weighted by Gasteiger charge is -2.34. The van der Waals surface area contributed by atoms with E-state index < -0.39 is 23.5 Å². The zero-order chi connectivity index (χ0) is 30.7. The fourth-order valence-corrected chi connectivity index (χ4v) is 5.19. The molecular formula is C33H62N2O6. The lowest BCUT2D eigenvalue weighted by atomic mass is 10.1. The molecule has 0 aliphatic carbocycles. The van der Waals surface area contributed by atoms with Crippen LogP contribution in [-0.4, -0.2) is 59.5 Å². The third-order valence-electron chi connectivity index (χ3n) is 7.56. The van der Waals surface area contributed by atoms with Crippen molar-refractivity contribution in [2.75, 3.05) is 13.2 Å². The smallest absolute Gasteiger partial charge is 0.413 e. The topological polar surface area (TPSA) is 94.2 Å². The van der Waals surface area contributed by atoms with Crippen LogP contribution < -0.4 is 5.32 Å². The van der Waals surface area contributed by atoms with Crippen molar-refractivity contribution in [1.82, 2.24) is 10.2 Å². The Morgan fingerprint density at radius 1 is 0.854 bits per heavy atom. The monoisotopic (exact) mass is 582 g/mol. The van der Waals surface area contributed by atoms with Crippen LogP contribution in [0.3, 0.4) is 0 Å². The van der Waals surface area contributed by atoms with Crippen LogP contribution in [0.5, 0.6) is 0 Å². The van der Waals surface area contributed by atoms with E-state index in [9.17, 15) is 14.4 Å². The van der Waals surface area contributed by atoms with Gasteiger partial charge in [0.15, 0.2) is 0 Å². The highest BCUT2D eigenvalue weighted by Crippen LogP contribution is 2.29. The summed E-state index contributed by atoms with van der Waals surface area (Å²) in [5.74, 6) is -0.427. The number of rotatable bonds is 21. The van der Waals surface area contributed by atoms with Crippen LogP contribution in [0, 0.1) is 0 Å². The Morgan fingerprint density at radius 2 is 1.39 bits per heavy atom. The third-order valence-corrected chi connectivity index (χ3v) is 7.56. The molecule has 1 aliphatic heterocycles. The van der Waals surface area contributed by atoms with Gasteiger partial charge in [-0.25, -0.2) is 4.79 Å². The normalized spacial score (nSPS) is 17.3. The fourth-order valence-electron chi connectivity index (χ4n) is 5.19. The quantitative estimate of drug-likeness (QED) is 0.109. The second-order valence-corrected chi connectivity index (χ2v) is 13.1. The van der Waals surface area contributed by atoms with Crippen molar-refractivity contribution in [3.05, 3.63) is 0 Å². The molecule has 0 bridgehead atoms. The highest BCUT2D eigenvalue weighted by Gasteiger charge is 2.48. The Hall–Kier alpha value is -1.83. The zero-order valence-corrected chi connectivity index (χ0v) is 27.5. The van der Waals surface area contributed by atoms with Crippen LogP contribution in [0.1, 0.15) is 158 Å². The third kappa shape index (κ3) is 16.4. The Labute approximate surface area is 251 Å². The molecule has 240 valence electrons. The van der Waals surface area contributed by atoms with E-state index in [1.54, 1.807) is 34.6 Å². The van der Waals surface area contributed by atoms with E-state index in [-0.39, 0.29) is 24.6 Å². The second-order valence-electron chi connectivity index (χ2n) is 13.1. The summed E-state index contributed by atoms with van der Waals surface area (Å²) >= 11 is 0. The van der Waals surface area contributed by atoms with Crippen molar-refractivity contribution in [2.45, 2.75) is 181 Å². The van der Waals surface area contributed by atoms with Crippen molar-refractivity contribution in [1.29, 1.82) is 0 Å². The molecule has 0 saturated carbocycles. The molecule has 41 heavy (non-hydrogen) atoms. The van der Waals surface area contributed by atoms with Crippen LogP contribution in [-0.2, 0) is 23.8 Å². The maximum atomic E-state index is 13.1. The van der Waals surface area contributed by atoms with Gasteiger partial charge in [-0.2, -0.15) is 0 Å². The summed E-state index contributed by atoms with van der Waals surface area (Å²) in [4.78, 5) is 40.0. The minimum Gasteiger partial charge on any atom is -0.462 e. The highest BCUT2D eigenvalue weighted by atomic mass is 16.6. The standard InChI is InChI=1S/C33H62N2O6/c1-8-10-12-14-15-16-17-19-21-23-29(36)40-27(22-20-18-13-11-9-2)24-25-34-30(37)28-26-39-33(6,7)35(28)31(38)41-32(3,4)5/h27-28H,8-26H2,1-7H3,(H,34,37)/t27-,28+/m1/s1. The molecule has 1 rings (SSSR count). The van der Waals surface area contributed by atoms with Crippen LogP contribution in [0.2, 0.25) is 0 Å². The molecule has 0 unspecified atom stereocenters. The number of hydrogen-bond donors (Lipinski definition) is 1. The van der Waals surface area contributed by atoms with Gasteiger partial charge in [0, 0.05) is 19.4 Å². The molecule has 0 spiro atoms. The zero-order valence-electron chi connectivity index (χ0n) is 27.5. The molecule has 2 atom stereocenters. The number of nitrogens with one attached hydrogen (secondary N) is 1. The van der Waals surface area contributed by atoms with E-state index in [0.29, 0.717) is 19.4 Å². The number of esters is 1. The molecule has 0 aromatic heterocycles. The maximum absolute atomic E-state index is 13.1. The minimum atomic E-state index is -0.948. The molecule has 8 nitrogen and oxygen atoms in total. The molecule has 0 aromatic rings. The Kier molecular flexibility index (Phi) is 18.3. The average molecular weight is 583 g/mol. The Balaban J connectivity index is 2.54.